The van der Waals surface area contributed by atoms with Gasteiger partial charge in [-0.15, -0.1) is 0 Å². The molecule has 8 heteroatoms. The number of hydrogen-bond acceptors (Lipinski definition) is 6. The lowest BCUT2D eigenvalue weighted by Gasteiger charge is -2.16. The molecule has 0 bridgehead atoms. The van der Waals surface area contributed by atoms with Gasteiger partial charge in [0.25, 0.3) is 5.69 Å². The molecule has 0 fully saturated rings. The predicted molar refractivity (Wildman–Crippen MR) is 85.3 cm³/mol. The molecule has 1 heterocycles. The van der Waals surface area contributed by atoms with Gasteiger partial charge in [0.2, 0.25) is 0 Å². The number of nitrogens with one attached hydrogen (secondary N) is 1. The van der Waals surface area contributed by atoms with Gasteiger partial charge in [-0.25, -0.2) is 9.37 Å². The Morgan fingerprint density at radius 1 is 1.42 bits per heavy atom. The molecule has 1 N–H and O–H groups in total. The SMILES string of the molecule is COC(=O)C(CNc1cc(C)c([N+](=O)[O-])cn1)c1ccc(F)cc1. The molecular formula is C16H16FN3O4. The van der Waals surface area contributed by atoms with E-state index >= 15 is 0 Å². The molecule has 2 aromatic rings. The van der Waals surface area contributed by atoms with Crippen LogP contribution in [0.5, 0.6) is 0 Å². The van der Waals surface area contributed by atoms with E-state index in [2.05, 4.69) is 10.3 Å². The fourth-order valence-corrected chi connectivity index (χ4v) is 2.22. The molecule has 0 aliphatic heterocycles. The van der Waals surface area contributed by atoms with Crippen LogP contribution in [0.15, 0.2) is 36.5 Å². The number of pyridine rings is 1. The van der Waals surface area contributed by atoms with Crippen LogP contribution in [0.3, 0.4) is 0 Å². The number of hydrogen-bond donors (Lipinski definition) is 1. The standard InChI is InChI=1S/C16H16FN3O4/c1-10-7-15(19-9-14(10)20(22)23)18-8-13(16(21)24-2)11-3-5-12(17)6-4-11/h3-7,9,13H,8H2,1-2H3,(H,18,19). The summed E-state index contributed by atoms with van der Waals surface area (Å²) in [5, 5.41) is 13.7. The Morgan fingerprint density at radius 3 is 2.62 bits per heavy atom. The number of methoxy groups -OCH3 is 1. The average molecular weight is 333 g/mol. The Kier molecular flexibility index (Phi) is 5.41. The summed E-state index contributed by atoms with van der Waals surface area (Å²) in [6.45, 7) is 1.76. The molecule has 0 amide bonds. The largest absolute Gasteiger partial charge is 0.468 e. The van der Waals surface area contributed by atoms with E-state index in [4.69, 9.17) is 4.74 Å². The van der Waals surface area contributed by atoms with E-state index in [9.17, 15) is 19.3 Å². The smallest absolute Gasteiger partial charge is 0.314 e. The molecule has 0 saturated carbocycles. The molecule has 0 aliphatic rings. The molecule has 0 aliphatic carbocycles. The van der Waals surface area contributed by atoms with Gasteiger partial charge >= 0.3 is 5.97 Å². The lowest BCUT2D eigenvalue weighted by Crippen LogP contribution is -2.23. The van der Waals surface area contributed by atoms with E-state index in [1.54, 1.807) is 6.92 Å². The highest BCUT2D eigenvalue weighted by atomic mass is 19.1. The highest BCUT2D eigenvalue weighted by Gasteiger charge is 2.22. The minimum Gasteiger partial charge on any atom is -0.468 e. The highest BCUT2D eigenvalue weighted by Crippen LogP contribution is 2.21. The molecule has 126 valence electrons. The van der Waals surface area contributed by atoms with Crippen LogP contribution < -0.4 is 5.32 Å². The number of rotatable bonds is 6. The first kappa shape index (κ1) is 17.3. The second-order valence-electron chi connectivity index (χ2n) is 5.12. The number of aryl methyl sites for hydroxylation is 1. The molecule has 1 aromatic carbocycles. The molecule has 7 nitrogen and oxygen atoms in total. The maximum absolute atomic E-state index is 13.0. The van der Waals surface area contributed by atoms with Gasteiger partial charge in [-0.1, -0.05) is 12.1 Å². The van der Waals surface area contributed by atoms with Gasteiger partial charge in [0.05, 0.1) is 18.0 Å². The Balaban J connectivity index is 2.16. The van der Waals surface area contributed by atoms with Crippen LogP contribution in [-0.2, 0) is 9.53 Å². The molecule has 1 unspecified atom stereocenters. The number of carbonyl (C=O) groups excluding carboxylic acids is 1. The quantitative estimate of drug-likeness (QED) is 0.496. The topological polar surface area (TPSA) is 94.4 Å². The van der Waals surface area contributed by atoms with Crippen molar-refractivity contribution in [2.75, 3.05) is 19.0 Å². The molecule has 1 atom stereocenters. The van der Waals surface area contributed by atoms with Crippen molar-refractivity contribution in [1.29, 1.82) is 0 Å². The third-order valence-electron chi connectivity index (χ3n) is 3.53. The second-order valence-corrected chi connectivity index (χ2v) is 5.12. The van der Waals surface area contributed by atoms with Crippen molar-refractivity contribution in [1.82, 2.24) is 4.98 Å². The van der Waals surface area contributed by atoms with Gasteiger partial charge in [0.15, 0.2) is 0 Å². The molecule has 0 spiro atoms. The summed E-state index contributed by atoms with van der Waals surface area (Å²) >= 11 is 0. The number of ether oxygens (including phenoxy) is 1. The lowest BCUT2D eigenvalue weighted by atomic mass is 9.99. The third kappa shape index (κ3) is 4.03. The first-order valence-electron chi connectivity index (χ1n) is 7.10. The lowest BCUT2D eigenvalue weighted by molar-refractivity contribution is -0.385. The summed E-state index contributed by atoms with van der Waals surface area (Å²) < 4.78 is 17.8. The predicted octanol–water partition coefficient (Wildman–Crippen LogP) is 2.81. The Morgan fingerprint density at radius 2 is 2.08 bits per heavy atom. The summed E-state index contributed by atoms with van der Waals surface area (Å²) in [4.78, 5) is 26.2. The molecule has 0 radical (unpaired) electrons. The minimum absolute atomic E-state index is 0.0800. The van der Waals surface area contributed by atoms with Crippen molar-refractivity contribution in [3.63, 3.8) is 0 Å². The van der Waals surface area contributed by atoms with Gasteiger partial charge in [0, 0.05) is 12.1 Å². The molecule has 2 rings (SSSR count). The molecular weight excluding hydrogens is 317 g/mol. The monoisotopic (exact) mass is 333 g/mol. The number of halogens is 1. The summed E-state index contributed by atoms with van der Waals surface area (Å²) in [5.74, 6) is -1.14. The van der Waals surface area contributed by atoms with Crippen LogP contribution in [0.2, 0.25) is 0 Å². The summed E-state index contributed by atoms with van der Waals surface area (Å²) in [6, 6.07) is 7.07. The van der Waals surface area contributed by atoms with E-state index in [1.165, 1.54) is 37.4 Å². The zero-order valence-corrected chi connectivity index (χ0v) is 13.2. The van der Waals surface area contributed by atoms with Crippen LogP contribution in [-0.4, -0.2) is 29.5 Å². The van der Waals surface area contributed by atoms with Crippen molar-refractivity contribution >= 4 is 17.5 Å². The van der Waals surface area contributed by atoms with Crippen molar-refractivity contribution < 1.29 is 18.8 Å². The number of aromatic nitrogens is 1. The normalized spacial score (nSPS) is 11.6. The van der Waals surface area contributed by atoms with Gasteiger partial charge in [-0.2, -0.15) is 0 Å². The Labute approximate surface area is 137 Å². The number of anilines is 1. The summed E-state index contributed by atoms with van der Waals surface area (Å²) in [7, 11) is 1.27. The van der Waals surface area contributed by atoms with Gasteiger partial charge < -0.3 is 10.1 Å². The van der Waals surface area contributed by atoms with Crippen LogP contribution >= 0.6 is 0 Å². The average Bonchev–Trinajstić information content (AvgIpc) is 2.56. The maximum atomic E-state index is 13.0. The highest BCUT2D eigenvalue weighted by molar-refractivity contribution is 5.78. The number of esters is 1. The number of benzene rings is 1. The van der Waals surface area contributed by atoms with Crippen LogP contribution in [0.1, 0.15) is 17.0 Å². The Hall–Kier alpha value is -3.03. The minimum atomic E-state index is -0.659. The molecule has 24 heavy (non-hydrogen) atoms. The Bertz CT molecular complexity index is 749. The summed E-state index contributed by atoms with van der Waals surface area (Å²) in [6.07, 6.45) is 1.16. The van der Waals surface area contributed by atoms with Crippen molar-refractivity contribution in [2.24, 2.45) is 0 Å². The van der Waals surface area contributed by atoms with Gasteiger partial charge in [-0.05, 0) is 30.7 Å². The first-order chi connectivity index (χ1) is 11.4. The van der Waals surface area contributed by atoms with Crippen LogP contribution in [0.25, 0.3) is 0 Å². The van der Waals surface area contributed by atoms with Gasteiger partial charge in [0.1, 0.15) is 17.8 Å². The fourth-order valence-electron chi connectivity index (χ4n) is 2.22. The maximum Gasteiger partial charge on any atom is 0.314 e. The van der Waals surface area contributed by atoms with Crippen LogP contribution in [0.4, 0.5) is 15.9 Å². The zero-order valence-electron chi connectivity index (χ0n) is 13.2. The number of nitro groups is 1. The van der Waals surface area contributed by atoms with Crippen LogP contribution in [0, 0.1) is 22.9 Å². The molecule has 0 saturated heterocycles. The van der Waals surface area contributed by atoms with E-state index in [0.717, 1.165) is 6.20 Å². The van der Waals surface area contributed by atoms with E-state index in [1.807, 2.05) is 0 Å². The van der Waals surface area contributed by atoms with E-state index < -0.39 is 22.6 Å². The third-order valence-corrected chi connectivity index (χ3v) is 3.53. The zero-order chi connectivity index (χ0) is 17.7. The van der Waals surface area contributed by atoms with Crippen molar-refractivity contribution in [3.8, 4) is 0 Å². The molecule has 1 aromatic heterocycles. The fraction of sp³-hybridized carbons (Fsp3) is 0.250. The number of nitrogens with zero attached hydrogens (tertiary/aromatic N) is 2. The van der Waals surface area contributed by atoms with E-state index in [0.29, 0.717) is 16.9 Å². The van der Waals surface area contributed by atoms with Crippen molar-refractivity contribution in [2.45, 2.75) is 12.8 Å². The van der Waals surface area contributed by atoms with Gasteiger partial charge in [-0.3, -0.25) is 14.9 Å². The number of carbonyl (C=O) groups is 1. The first-order valence-corrected chi connectivity index (χ1v) is 7.10. The summed E-state index contributed by atoms with van der Waals surface area (Å²) in [5.41, 5.74) is 0.965. The van der Waals surface area contributed by atoms with E-state index in [-0.39, 0.29) is 12.2 Å². The van der Waals surface area contributed by atoms with Crippen molar-refractivity contribution in [3.05, 3.63) is 63.6 Å². The second kappa shape index (κ2) is 7.49.